The Kier molecular flexibility index (Phi) is 4.90. The van der Waals surface area contributed by atoms with Crippen LogP contribution in [-0.2, 0) is 0 Å². The predicted molar refractivity (Wildman–Crippen MR) is 62.6 cm³/mol. The van der Waals surface area contributed by atoms with Gasteiger partial charge in [-0.25, -0.2) is 0 Å². The lowest BCUT2D eigenvalue weighted by atomic mass is 9.97. The zero-order chi connectivity index (χ0) is 10.6. The van der Waals surface area contributed by atoms with Crippen molar-refractivity contribution in [2.75, 3.05) is 19.6 Å². The third-order valence-electron chi connectivity index (χ3n) is 3.35. The van der Waals surface area contributed by atoms with Crippen LogP contribution < -0.4 is 5.32 Å². The Bertz CT molecular complexity index is 156. The Morgan fingerprint density at radius 1 is 1.36 bits per heavy atom. The third kappa shape index (κ3) is 2.96. The summed E-state index contributed by atoms with van der Waals surface area (Å²) in [6, 6.07) is 1.48. The molecule has 2 heteroatoms. The van der Waals surface area contributed by atoms with Gasteiger partial charge in [0.25, 0.3) is 0 Å². The van der Waals surface area contributed by atoms with Gasteiger partial charge in [-0.15, -0.1) is 0 Å². The zero-order valence-electron chi connectivity index (χ0n) is 10.2. The van der Waals surface area contributed by atoms with E-state index in [0.717, 1.165) is 18.0 Å². The molecule has 1 heterocycles. The smallest absolute Gasteiger partial charge is 0.0244 e. The molecule has 0 radical (unpaired) electrons. The Labute approximate surface area is 89.1 Å². The molecule has 1 aliphatic rings. The molecule has 2 atom stereocenters. The van der Waals surface area contributed by atoms with E-state index >= 15 is 0 Å². The van der Waals surface area contributed by atoms with Crippen LogP contribution in [0.1, 0.15) is 40.5 Å². The lowest BCUT2D eigenvalue weighted by Crippen LogP contribution is -2.57. The van der Waals surface area contributed by atoms with Gasteiger partial charge in [0.05, 0.1) is 0 Å². The van der Waals surface area contributed by atoms with E-state index in [9.17, 15) is 0 Å². The van der Waals surface area contributed by atoms with Gasteiger partial charge in [-0.2, -0.15) is 0 Å². The van der Waals surface area contributed by atoms with Crippen LogP contribution in [0.4, 0.5) is 0 Å². The second-order valence-corrected chi connectivity index (χ2v) is 4.79. The van der Waals surface area contributed by atoms with E-state index < -0.39 is 0 Å². The number of nitrogens with one attached hydrogen (secondary N) is 1. The minimum atomic E-state index is 0.731. The van der Waals surface area contributed by atoms with Crippen LogP contribution in [0.2, 0.25) is 0 Å². The first-order valence-electron chi connectivity index (χ1n) is 6.16. The van der Waals surface area contributed by atoms with E-state index in [1.807, 2.05) is 0 Å². The first-order chi connectivity index (χ1) is 6.69. The standard InChI is InChI=1S/C12H26N2/c1-5-7-11-9-14(6-2)12(8-13-11)10(3)4/h10-13H,5-9H2,1-4H3. The van der Waals surface area contributed by atoms with Gasteiger partial charge in [-0.1, -0.05) is 34.1 Å². The van der Waals surface area contributed by atoms with Crippen molar-refractivity contribution in [3.05, 3.63) is 0 Å². The molecule has 0 aromatic carbocycles. The molecule has 1 fully saturated rings. The Morgan fingerprint density at radius 2 is 2.07 bits per heavy atom. The lowest BCUT2D eigenvalue weighted by molar-refractivity contribution is 0.102. The van der Waals surface area contributed by atoms with Gasteiger partial charge in [0.15, 0.2) is 0 Å². The minimum absolute atomic E-state index is 0.731. The molecule has 1 saturated heterocycles. The molecule has 0 spiro atoms. The second-order valence-electron chi connectivity index (χ2n) is 4.79. The summed E-state index contributed by atoms with van der Waals surface area (Å²) in [5, 5.41) is 3.67. The first kappa shape index (κ1) is 12.0. The average molecular weight is 198 g/mol. The summed E-state index contributed by atoms with van der Waals surface area (Å²) in [7, 11) is 0. The summed E-state index contributed by atoms with van der Waals surface area (Å²) >= 11 is 0. The SMILES string of the molecule is CCCC1CN(CC)C(C(C)C)CN1. The van der Waals surface area contributed by atoms with Crippen molar-refractivity contribution in [3.8, 4) is 0 Å². The summed E-state index contributed by atoms with van der Waals surface area (Å²) in [4.78, 5) is 2.64. The topological polar surface area (TPSA) is 15.3 Å². The molecule has 1 N–H and O–H groups in total. The highest BCUT2D eigenvalue weighted by molar-refractivity contribution is 4.86. The van der Waals surface area contributed by atoms with Crippen LogP contribution in [-0.4, -0.2) is 36.6 Å². The summed E-state index contributed by atoms with van der Waals surface area (Å²) in [6.07, 6.45) is 2.61. The molecule has 0 amide bonds. The van der Waals surface area contributed by atoms with E-state index in [4.69, 9.17) is 0 Å². The second kappa shape index (κ2) is 5.72. The summed E-state index contributed by atoms with van der Waals surface area (Å²) in [6.45, 7) is 12.8. The molecule has 0 aliphatic carbocycles. The third-order valence-corrected chi connectivity index (χ3v) is 3.35. The fraction of sp³-hybridized carbons (Fsp3) is 1.00. The first-order valence-corrected chi connectivity index (χ1v) is 6.16. The van der Waals surface area contributed by atoms with Gasteiger partial charge >= 0.3 is 0 Å². The van der Waals surface area contributed by atoms with E-state index in [-0.39, 0.29) is 0 Å². The maximum absolute atomic E-state index is 3.67. The number of piperazine rings is 1. The number of rotatable bonds is 4. The van der Waals surface area contributed by atoms with E-state index in [0.29, 0.717) is 0 Å². The molecule has 2 unspecified atom stereocenters. The van der Waals surface area contributed by atoms with Crippen molar-refractivity contribution in [3.63, 3.8) is 0 Å². The Balaban J connectivity index is 2.46. The van der Waals surface area contributed by atoms with E-state index in [1.54, 1.807) is 0 Å². The molecule has 1 rings (SSSR count). The minimum Gasteiger partial charge on any atom is -0.311 e. The number of hydrogen-bond acceptors (Lipinski definition) is 2. The number of nitrogens with zero attached hydrogens (tertiary/aromatic N) is 1. The molecule has 0 aromatic rings. The van der Waals surface area contributed by atoms with Crippen molar-refractivity contribution in [2.24, 2.45) is 5.92 Å². The van der Waals surface area contributed by atoms with E-state index in [1.165, 1.54) is 32.5 Å². The molecule has 0 saturated carbocycles. The quantitative estimate of drug-likeness (QED) is 0.744. The van der Waals surface area contributed by atoms with Gasteiger partial charge in [0.2, 0.25) is 0 Å². The van der Waals surface area contributed by atoms with Crippen LogP contribution in [0, 0.1) is 5.92 Å². The van der Waals surface area contributed by atoms with E-state index in [2.05, 4.69) is 37.9 Å². The predicted octanol–water partition coefficient (Wildman–Crippen LogP) is 2.10. The Hall–Kier alpha value is -0.0800. The Morgan fingerprint density at radius 3 is 2.57 bits per heavy atom. The van der Waals surface area contributed by atoms with Crippen molar-refractivity contribution in [1.29, 1.82) is 0 Å². The fourth-order valence-electron chi connectivity index (χ4n) is 2.46. The maximum Gasteiger partial charge on any atom is 0.0244 e. The zero-order valence-corrected chi connectivity index (χ0v) is 10.2. The summed E-state index contributed by atoms with van der Waals surface area (Å²) in [5.74, 6) is 0.769. The highest BCUT2D eigenvalue weighted by atomic mass is 15.2. The molecule has 14 heavy (non-hydrogen) atoms. The van der Waals surface area contributed by atoms with Crippen LogP contribution in [0.25, 0.3) is 0 Å². The van der Waals surface area contributed by atoms with Crippen LogP contribution in [0.15, 0.2) is 0 Å². The highest BCUT2D eigenvalue weighted by Gasteiger charge is 2.27. The summed E-state index contributed by atoms with van der Waals surface area (Å²) < 4.78 is 0. The molecule has 0 aromatic heterocycles. The number of likely N-dealkylation sites (N-methyl/N-ethyl adjacent to an activating group) is 1. The van der Waals surface area contributed by atoms with Crippen molar-refractivity contribution in [2.45, 2.75) is 52.6 Å². The van der Waals surface area contributed by atoms with Gasteiger partial charge in [-0.3, -0.25) is 4.90 Å². The van der Waals surface area contributed by atoms with Gasteiger partial charge in [-0.05, 0) is 18.9 Å². The van der Waals surface area contributed by atoms with Gasteiger partial charge in [0.1, 0.15) is 0 Å². The van der Waals surface area contributed by atoms with Gasteiger partial charge < -0.3 is 5.32 Å². The molecular formula is C12H26N2. The number of hydrogen-bond donors (Lipinski definition) is 1. The van der Waals surface area contributed by atoms with Crippen molar-refractivity contribution >= 4 is 0 Å². The summed E-state index contributed by atoms with van der Waals surface area (Å²) in [5.41, 5.74) is 0. The van der Waals surface area contributed by atoms with Gasteiger partial charge in [0, 0.05) is 25.2 Å². The highest BCUT2D eigenvalue weighted by Crippen LogP contribution is 2.16. The normalized spacial score (nSPS) is 29.8. The molecule has 2 nitrogen and oxygen atoms in total. The van der Waals surface area contributed by atoms with Crippen molar-refractivity contribution < 1.29 is 0 Å². The molecule has 84 valence electrons. The van der Waals surface area contributed by atoms with Crippen LogP contribution >= 0.6 is 0 Å². The largest absolute Gasteiger partial charge is 0.311 e. The molecule has 1 aliphatic heterocycles. The average Bonchev–Trinajstić information content (AvgIpc) is 2.17. The van der Waals surface area contributed by atoms with Crippen molar-refractivity contribution in [1.82, 2.24) is 10.2 Å². The van der Waals surface area contributed by atoms with Crippen LogP contribution in [0.3, 0.4) is 0 Å². The molecule has 0 bridgehead atoms. The molecular weight excluding hydrogens is 172 g/mol. The fourth-order valence-corrected chi connectivity index (χ4v) is 2.46. The maximum atomic E-state index is 3.67. The van der Waals surface area contributed by atoms with Crippen LogP contribution in [0.5, 0.6) is 0 Å². The lowest BCUT2D eigenvalue weighted by Gasteiger charge is -2.42. The monoisotopic (exact) mass is 198 g/mol.